The highest BCUT2D eigenvalue weighted by Gasteiger charge is 2.35. The van der Waals surface area contributed by atoms with Gasteiger partial charge in [-0.25, -0.2) is 15.0 Å². The Labute approximate surface area is 383 Å². The third-order valence-corrected chi connectivity index (χ3v) is 10.5. The number of nitrogens with one attached hydrogen (secondary N) is 1. The van der Waals surface area contributed by atoms with Crippen molar-refractivity contribution >= 4 is 85.8 Å². The van der Waals surface area contributed by atoms with Gasteiger partial charge in [0.05, 0.1) is 22.4 Å². The molecule has 0 fully saturated rings. The molecule has 0 saturated carbocycles. The number of ketones is 1. The second kappa shape index (κ2) is 25.0. The van der Waals surface area contributed by atoms with E-state index in [1.54, 1.807) is 16.1 Å². The van der Waals surface area contributed by atoms with Crippen molar-refractivity contribution in [1.29, 1.82) is 0 Å². The van der Waals surface area contributed by atoms with Gasteiger partial charge in [0, 0.05) is 81.7 Å². The van der Waals surface area contributed by atoms with Crippen molar-refractivity contribution in [2.24, 2.45) is 0 Å². The maximum Gasteiger partial charge on any atom is 0.490 e. The van der Waals surface area contributed by atoms with Gasteiger partial charge in [-0.1, -0.05) is 22.3 Å². The average molecular weight is 1030 g/mol. The van der Waals surface area contributed by atoms with E-state index in [0.29, 0.717) is 44.5 Å². The largest absolute Gasteiger partial charge is 0.490 e. The molecule has 0 atom stereocenters. The number of anilines is 2. The van der Waals surface area contributed by atoms with Crippen LogP contribution in [0.5, 0.6) is 0 Å². The molecule has 0 unspecified atom stereocenters. The van der Waals surface area contributed by atoms with Gasteiger partial charge in [0.1, 0.15) is 27.4 Å². The van der Waals surface area contributed by atoms with E-state index in [0.717, 1.165) is 22.2 Å². The number of nitrogen functional groups attached to an aromatic ring is 1. The van der Waals surface area contributed by atoms with Crippen LogP contribution in [0.15, 0.2) is 56.8 Å². The summed E-state index contributed by atoms with van der Waals surface area (Å²) in [6.45, 7) is 6.73. The third-order valence-electron chi connectivity index (χ3n) is 7.27. The average Bonchev–Trinajstić information content (AvgIpc) is 3.89. The van der Waals surface area contributed by atoms with E-state index in [2.05, 4.69) is 51.2 Å². The lowest BCUT2D eigenvalue weighted by atomic mass is 9.80. The summed E-state index contributed by atoms with van der Waals surface area (Å²) in [4.78, 5) is 44.4. The summed E-state index contributed by atoms with van der Waals surface area (Å²) in [5.41, 5.74) is 3.57. The summed E-state index contributed by atoms with van der Waals surface area (Å²) in [6, 6.07) is 2.76. The number of nitrogens with two attached hydrogens (primary N) is 1. The van der Waals surface area contributed by atoms with Gasteiger partial charge in [-0.3, -0.25) is 24.5 Å². The Hall–Kier alpha value is -4.89. The topological polar surface area (TPSA) is 190 Å². The monoisotopic (exact) mass is 1030 g/mol. The van der Waals surface area contributed by atoms with Gasteiger partial charge in [-0.05, 0) is 61.8 Å². The molecule has 26 heteroatoms. The number of pyridine rings is 3. The number of thiazole rings is 3. The van der Waals surface area contributed by atoms with E-state index in [-0.39, 0.29) is 62.9 Å². The van der Waals surface area contributed by atoms with E-state index in [1.807, 2.05) is 0 Å². The molecule has 0 aromatic carbocycles. The van der Waals surface area contributed by atoms with Crippen molar-refractivity contribution in [3.05, 3.63) is 96.3 Å². The molecule has 5 N–H and O–H groups in total. The van der Waals surface area contributed by atoms with Gasteiger partial charge in [-0.15, -0.1) is 34.0 Å². The molecule has 0 aliphatic rings. The van der Waals surface area contributed by atoms with E-state index in [1.165, 1.54) is 81.0 Å². The van der Waals surface area contributed by atoms with Gasteiger partial charge >= 0.3 is 25.6 Å². The minimum atomic E-state index is -4.53. The van der Waals surface area contributed by atoms with E-state index >= 15 is 0 Å². The van der Waals surface area contributed by atoms with Crippen LogP contribution in [0.2, 0.25) is 0 Å². The SMILES string of the molecule is C.C.C.CC(=O)Cc1csc(-c2cnc(C)c(C(F)(F)F)c2)n1.CC(=O)Nc1csc(Br)n1.Cc1ncc(-c2nc(N)cs2)cc1C(F)(F)F.Cc1ncc(B(O)O)cc1C(F)(F)F. The normalized spacial score (nSPS) is 10.8. The standard InChI is InChI=1S/C13H11F3N2OS.C10H8F3N3S.C7H7BF3NO2.C5H5BrN2OS.3CH4/c1-7(19)3-10-6-20-12(18-10)9-4-11(13(14,15)16)8(2)17-5-9;1-5-7(10(11,12)13)2-6(3-15-5)9-16-8(14)4-17-9;1-4-6(7(9,10)11)2-5(3-12-4)8(13)14;1-3(9)7-4-2-10-5(6)8-4;;;/h4-6H,3H2,1-2H3;2-4H,14H2,1H3;2-3,13-14H,1H3;2H,1H3,(H,7,9);3*1H4. The fraction of sp³-hybridized carbons (Fsp3) is 0.316. The third kappa shape index (κ3) is 18.3. The van der Waals surface area contributed by atoms with Gasteiger partial charge in [0.2, 0.25) is 5.91 Å². The second-order valence-corrected chi connectivity index (χ2v) is 16.1. The Bertz CT molecular complexity index is 2440. The Balaban J connectivity index is 0.000000835. The zero-order chi connectivity index (χ0) is 46.0. The lowest BCUT2D eigenvalue weighted by molar-refractivity contribution is -0.139. The van der Waals surface area contributed by atoms with Crippen LogP contribution in [-0.2, 0) is 34.5 Å². The summed E-state index contributed by atoms with van der Waals surface area (Å²) in [5.74, 6) is 0.751. The molecule has 6 aromatic rings. The van der Waals surface area contributed by atoms with Crippen molar-refractivity contribution in [1.82, 2.24) is 29.9 Å². The molecule has 0 aliphatic carbocycles. The zero-order valence-corrected chi connectivity index (χ0v) is 36.0. The van der Waals surface area contributed by atoms with Crippen molar-refractivity contribution in [3.63, 3.8) is 0 Å². The molecule has 6 aromatic heterocycles. The minimum absolute atomic E-state index is 0. The first-order valence-electron chi connectivity index (χ1n) is 16.7. The van der Waals surface area contributed by atoms with Crippen LogP contribution in [0.3, 0.4) is 0 Å². The van der Waals surface area contributed by atoms with Gasteiger partial charge in [0.25, 0.3) is 0 Å². The fourth-order valence-corrected chi connectivity index (χ4v) is 6.97. The van der Waals surface area contributed by atoms with E-state index in [9.17, 15) is 49.1 Å². The summed E-state index contributed by atoms with van der Waals surface area (Å²) >= 11 is 7.00. The highest BCUT2D eigenvalue weighted by atomic mass is 79.9. The molecule has 0 radical (unpaired) electrons. The molecule has 6 heterocycles. The van der Waals surface area contributed by atoms with Crippen LogP contribution in [0.1, 0.15) is 75.6 Å². The number of carbonyl (C=O) groups is 2. The lowest BCUT2D eigenvalue weighted by Gasteiger charge is -2.10. The number of hydrogen-bond acceptors (Lipinski definition) is 14. The fourth-order valence-electron chi connectivity index (χ4n) is 4.54. The summed E-state index contributed by atoms with van der Waals surface area (Å²) in [6.07, 6.45) is -9.47. The number of nitrogens with zero attached hydrogens (tertiary/aromatic N) is 6. The van der Waals surface area contributed by atoms with Gasteiger partial charge in [-0.2, -0.15) is 39.5 Å². The predicted octanol–water partition coefficient (Wildman–Crippen LogP) is 10.6. The van der Waals surface area contributed by atoms with Crippen LogP contribution in [0.25, 0.3) is 21.1 Å². The Morgan fingerprint density at radius 1 is 0.688 bits per heavy atom. The quantitative estimate of drug-likeness (QED) is 0.0917. The molecule has 1 amide bonds. The van der Waals surface area contributed by atoms with Gasteiger partial charge in [0.15, 0.2) is 3.92 Å². The maximum atomic E-state index is 12.8. The molecule has 6 rings (SSSR count). The molecular weight excluding hydrogens is 990 g/mol. The zero-order valence-electron chi connectivity index (χ0n) is 32.0. The number of carbonyl (C=O) groups excluding carboxylic acids is 2. The smallest absolute Gasteiger partial charge is 0.423 e. The Kier molecular flexibility index (Phi) is 23.1. The van der Waals surface area contributed by atoms with Crippen molar-refractivity contribution < 1.29 is 59.2 Å². The number of aromatic nitrogens is 6. The first-order valence-corrected chi connectivity index (χ1v) is 20.1. The Morgan fingerprint density at radius 3 is 1.50 bits per heavy atom. The highest BCUT2D eigenvalue weighted by molar-refractivity contribution is 9.11. The highest BCUT2D eigenvalue weighted by Crippen LogP contribution is 2.36. The van der Waals surface area contributed by atoms with Gasteiger partial charge < -0.3 is 21.1 Å². The summed E-state index contributed by atoms with van der Waals surface area (Å²) < 4.78 is 114. The Morgan fingerprint density at radius 2 is 1.12 bits per heavy atom. The number of rotatable bonds is 6. The second-order valence-electron chi connectivity index (χ2n) is 12.2. The van der Waals surface area contributed by atoms with Crippen LogP contribution in [0, 0.1) is 20.8 Å². The van der Waals surface area contributed by atoms with Crippen LogP contribution in [0.4, 0.5) is 51.1 Å². The summed E-state index contributed by atoms with van der Waals surface area (Å²) in [5, 5.41) is 25.7. The number of hydrogen-bond donors (Lipinski definition) is 4. The van der Waals surface area contributed by atoms with E-state index in [4.69, 9.17) is 15.8 Å². The van der Waals surface area contributed by atoms with Crippen LogP contribution < -0.4 is 16.5 Å². The maximum absolute atomic E-state index is 12.8. The molecule has 0 spiro atoms. The van der Waals surface area contributed by atoms with Crippen molar-refractivity contribution in [2.75, 3.05) is 11.1 Å². The molecule has 350 valence electrons. The molecular formula is C38H43BBrF9N8O4S3. The predicted molar refractivity (Wildman–Crippen MR) is 237 cm³/mol. The number of alkyl halides is 9. The minimum Gasteiger partial charge on any atom is -0.423 e. The molecule has 0 aliphatic heterocycles. The van der Waals surface area contributed by atoms with Crippen molar-refractivity contribution in [2.45, 2.75) is 81.8 Å². The summed E-state index contributed by atoms with van der Waals surface area (Å²) in [7, 11) is -1.94. The molecule has 64 heavy (non-hydrogen) atoms. The first kappa shape index (κ1) is 59.1. The van der Waals surface area contributed by atoms with Crippen LogP contribution >= 0.6 is 49.9 Å². The molecule has 0 saturated heterocycles. The lowest BCUT2D eigenvalue weighted by Crippen LogP contribution is -2.31. The molecule has 12 nitrogen and oxygen atoms in total. The van der Waals surface area contributed by atoms with E-state index < -0.39 is 42.3 Å². The van der Waals surface area contributed by atoms with Crippen LogP contribution in [-0.4, -0.2) is 58.8 Å². The van der Waals surface area contributed by atoms with Crippen molar-refractivity contribution in [3.8, 4) is 21.1 Å². The number of Topliss-reactive ketones (excluding diaryl/α,β-unsaturated/α-hetero) is 1. The number of halogens is 10. The number of aryl methyl sites for hydroxylation is 3. The number of amides is 1. The molecule has 0 bridgehead atoms. The first-order chi connectivity index (χ1) is 28.1.